The number of phenols is 1. The van der Waals surface area contributed by atoms with Crippen LogP contribution in [0.3, 0.4) is 0 Å². The quantitative estimate of drug-likeness (QED) is 0.778. The SMILES string of the molecule is CC1(C)S[C@@H]2C(N)C(=O)N2C1c1nnnn1Cc1ccc(O)cc1. The smallest absolute Gasteiger partial charge is 0.244 e. The Kier molecular flexibility index (Phi) is 3.33. The topological polar surface area (TPSA) is 110 Å². The normalized spacial score (nSPS) is 27.9. The lowest BCUT2D eigenvalue weighted by Crippen LogP contribution is -2.65. The Morgan fingerprint density at radius 1 is 1.33 bits per heavy atom. The van der Waals surface area contributed by atoms with Crippen LogP contribution < -0.4 is 5.73 Å². The molecule has 24 heavy (non-hydrogen) atoms. The Balaban J connectivity index is 1.66. The van der Waals surface area contributed by atoms with Gasteiger partial charge in [0, 0.05) is 4.75 Å². The molecule has 0 saturated carbocycles. The average molecular weight is 346 g/mol. The van der Waals surface area contributed by atoms with Crippen LogP contribution in [0.5, 0.6) is 5.75 Å². The van der Waals surface area contributed by atoms with Gasteiger partial charge < -0.3 is 15.7 Å². The number of carbonyl (C=O) groups is 1. The molecule has 2 saturated heterocycles. The number of thioether (sulfide) groups is 1. The zero-order valence-corrected chi connectivity index (χ0v) is 14.1. The lowest BCUT2D eigenvalue weighted by atomic mass is 9.95. The molecule has 2 aliphatic heterocycles. The van der Waals surface area contributed by atoms with Crippen LogP contribution >= 0.6 is 11.8 Å². The van der Waals surface area contributed by atoms with Gasteiger partial charge in [-0.1, -0.05) is 12.1 Å². The van der Waals surface area contributed by atoms with Crippen LogP contribution in [0.2, 0.25) is 0 Å². The van der Waals surface area contributed by atoms with Gasteiger partial charge in [0.05, 0.1) is 6.54 Å². The number of tetrazole rings is 1. The van der Waals surface area contributed by atoms with Gasteiger partial charge in [0.1, 0.15) is 23.2 Å². The van der Waals surface area contributed by atoms with Crippen molar-refractivity contribution in [2.24, 2.45) is 5.73 Å². The summed E-state index contributed by atoms with van der Waals surface area (Å²) >= 11 is 1.69. The van der Waals surface area contributed by atoms with Crippen LogP contribution in [0.4, 0.5) is 0 Å². The van der Waals surface area contributed by atoms with Gasteiger partial charge in [0.15, 0.2) is 5.82 Å². The summed E-state index contributed by atoms with van der Waals surface area (Å²) in [5, 5.41) is 21.5. The molecule has 3 N–H and O–H groups in total. The van der Waals surface area contributed by atoms with Crippen molar-refractivity contribution in [3.8, 4) is 5.75 Å². The number of nitrogens with two attached hydrogens (primary N) is 1. The maximum absolute atomic E-state index is 12.2. The van der Waals surface area contributed by atoms with Gasteiger partial charge in [-0.25, -0.2) is 4.68 Å². The number of benzene rings is 1. The zero-order valence-electron chi connectivity index (χ0n) is 13.3. The number of hydrogen-bond acceptors (Lipinski definition) is 7. The van der Waals surface area contributed by atoms with E-state index in [0.29, 0.717) is 12.4 Å². The van der Waals surface area contributed by atoms with Gasteiger partial charge in [-0.15, -0.1) is 16.9 Å². The fourth-order valence-corrected chi connectivity index (χ4v) is 4.93. The van der Waals surface area contributed by atoms with Crippen LogP contribution in [-0.4, -0.2) is 52.3 Å². The number of rotatable bonds is 3. The molecule has 1 aromatic heterocycles. The summed E-state index contributed by atoms with van der Waals surface area (Å²) in [5.41, 5.74) is 6.89. The van der Waals surface area contributed by atoms with Crippen molar-refractivity contribution < 1.29 is 9.90 Å². The minimum atomic E-state index is -0.444. The molecule has 126 valence electrons. The highest BCUT2D eigenvalue weighted by Gasteiger charge is 2.61. The third-order valence-electron chi connectivity index (χ3n) is 4.56. The predicted molar refractivity (Wildman–Crippen MR) is 88.0 cm³/mol. The number of hydrogen-bond donors (Lipinski definition) is 2. The van der Waals surface area contributed by atoms with E-state index >= 15 is 0 Å². The monoisotopic (exact) mass is 346 g/mol. The van der Waals surface area contributed by atoms with E-state index < -0.39 is 6.04 Å². The summed E-state index contributed by atoms with van der Waals surface area (Å²) in [6, 6.07) is 6.24. The molecule has 3 atom stereocenters. The van der Waals surface area contributed by atoms with E-state index in [1.54, 1.807) is 33.5 Å². The van der Waals surface area contributed by atoms with E-state index in [1.165, 1.54) is 0 Å². The molecular weight excluding hydrogens is 328 g/mol. The number of fused-ring (bicyclic) bond motifs is 1. The Labute approximate surface area is 143 Å². The Morgan fingerprint density at radius 3 is 2.75 bits per heavy atom. The molecule has 3 heterocycles. The molecule has 0 aliphatic carbocycles. The first kappa shape index (κ1) is 15.4. The van der Waals surface area contributed by atoms with E-state index in [2.05, 4.69) is 29.4 Å². The van der Waals surface area contributed by atoms with Crippen molar-refractivity contribution in [3.63, 3.8) is 0 Å². The minimum Gasteiger partial charge on any atom is -0.508 e. The van der Waals surface area contributed by atoms with E-state index in [9.17, 15) is 9.90 Å². The van der Waals surface area contributed by atoms with Gasteiger partial charge >= 0.3 is 0 Å². The molecule has 4 rings (SSSR count). The van der Waals surface area contributed by atoms with E-state index in [-0.39, 0.29) is 27.8 Å². The predicted octanol–water partition coefficient (Wildman–Crippen LogP) is 0.489. The largest absolute Gasteiger partial charge is 0.508 e. The molecule has 0 radical (unpaired) electrons. The van der Waals surface area contributed by atoms with Gasteiger partial charge in [0.2, 0.25) is 5.91 Å². The van der Waals surface area contributed by atoms with Gasteiger partial charge in [-0.2, -0.15) is 0 Å². The maximum atomic E-state index is 12.2. The molecule has 2 aromatic rings. The zero-order chi connectivity index (χ0) is 17.1. The van der Waals surface area contributed by atoms with Crippen molar-refractivity contribution in [2.45, 2.75) is 42.6 Å². The summed E-state index contributed by atoms with van der Waals surface area (Å²) in [7, 11) is 0. The van der Waals surface area contributed by atoms with Crippen LogP contribution in [0, 0.1) is 0 Å². The summed E-state index contributed by atoms with van der Waals surface area (Å²) in [5.74, 6) is 0.817. The molecule has 2 fully saturated rings. The van der Waals surface area contributed by atoms with Gasteiger partial charge in [-0.05, 0) is 42.0 Å². The number of amides is 1. The van der Waals surface area contributed by atoms with Crippen molar-refractivity contribution in [3.05, 3.63) is 35.7 Å². The van der Waals surface area contributed by atoms with Crippen molar-refractivity contribution in [2.75, 3.05) is 0 Å². The number of carbonyl (C=O) groups excluding carboxylic acids is 1. The maximum Gasteiger partial charge on any atom is 0.244 e. The molecule has 8 nitrogen and oxygen atoms in total. The second kappa shape index (κ2) is 5.18. The van der Waals surface area contributed by atoms with E-state index in [0.717, 1.165) is 5.56 Å². The van der Waals surface area contributed by atoms with Crippen molar-refractivity contribution in [1.82, 2.24) is 25.1 Å². The number of aromatic nitrogens is 4. The van der Waals surface area contributed by atoms with Crippen LogP contribution in [0.15, 0.2) is 24.3 Å². The average Bonchev–Trinajstić information content (AvgIpc) is 3.09. The molecule has 9 heteroatoms. The Hall–Kier alpha value is -2.13. The second-order valence-corrected chi connectivity index (χ2v) is 8.42. The second-order valence-electron chi connectivity index (χ2n) is 6.65. The first-order valence-corrected chi connectivity index (χ1v) is 8.56. The highest BCUT2D eigenvalue weighted by Crippen LogP contribution is 2.56. The highest BCUT2D eigenvalue weighted by atomic mass is 32.2. The molecule has 0 spiro atoms. The molecule has 2 unspecified atom stereocenters. The van der Waals surface area contributed by atoms with Crippen molar-refractivity contribution in [1.29, 1.82) is 0 Å². The molecule has 2 aliphatic rings. The fourth-order valence-electron chi connectivity index (χ4n) is 3.35. The summed E-state index contributed by atoms with van der Waals surface area (Å²) in [6.45, 7) is 4.64. The van der Waals surface area contributed by atoms with E-state index in [1.807, 2.05) is 12.1 Å². The molecule has 1 aromatic carbocycles. The van der Waals surface area contributed by atoms with Crippen LogP contribution in [-0.2, 0) is 11.3 Å². The fraction of sp³-hybridized carbons (Fsp3) is 0.467. The Morgan fingerprint density at radius 2 is 2.04 bits per heavy atom. The Bertz CT molecular complexity index is 790. The molecule has 0 bridgehead atoms. The number of phenolic OH excluding ortho intramolecular Hbond substituents is 1. The standard InChI is InChI=1S/C15H18N6O2S/c1-15(2)11(21-13(23)10(16)14(21)24-15)12-17-18-19-20(12)7-8-3-5-9(22)6-4-8/h3-6,10-11,14,22H,7,16H2,1-2H3/t10?,11?,14-/m1/s1. The highest BCUT2D eigenvalue weighted by molar-refractivity contribution is 8.01. The lowest BCUT2D eigenvalue weighted by molar-refractivity contribution is -0.147. The third-order valence-corrected chi connectivity index (χ3v) is 6.15. The molecule has 1 amide bonds. The summed E-state index contributed by atoms with van der Waals surface area (Å²) in [6.07, 6.45) is 0. The van der Waals surface area contributed by atoms with Gasteiger partial charge in [0.25, 0.3) is 0 Å². The number of aromatic hydroxyl groups is 1. The number of nitrogens with zero attached hydrogens (tertiary/aromatic N) is 5. The van der Waals surface area contributed by atoms with Crippen LogP contribution in [0.25, 0.3) is 0 Å². The molecular formula is C15H18N6O2S. The third kappa shape index (κ3) is 2.19. The van der Waals surface area contributed by atoms with Crippen LogP contribution in [0.1, 0.15) is 31.3 Å². The lowest BCUT2D eigenvalue weighted by Gasteiger charge is -2.42. The van der Waals surface area contributed by atoms with E-state index in [4.69, 9.17) is 5.73 Å². The number of β-lactam (4-membered cyclic amide) rings is 1. The van der Waals surface area contributed by atoms with Crippen molar-refractivity contribution >= 4 is 17.7 Å². The van der Waals surface area contributed by atoms with Gasteiger partial charge in [-0.3, -0.25) is 4.79 Å². The summed E-state index contributed by atoms with van der Waals surface area (Å²) < 4.78 is 1.48. The first-order chi connectivity index (χ1) is 11.4. The summed E-state index contributed by atoms with van der Waals surface area (Å²) in [4.78, 5) is 14.0. The first-order valence-electron chi connectivity index (χ1n) is 7.68. The minimum absolute atomic E-state index is 0.0173.